The Labute approximate surface area is 424 Å². The molecule has 2 aliphatic heterocycles. The molecule has 3 aliphatic carbocycles. The lowest BCUT2D eigenvalue weighted by Crippen LogP contribution is -2.61. The molecule has 1 aromatic heterocycles. The van der Waals surface area contributed by atoms with Crippen LogP contribution in [0.25, 0.3) is 21.2 Å². The number of nitrogens with zero attached hydrogens (tertiary/aromatic N) is 2. The minimum atomic E-state index is -4.47. The molecule has 0 saturated heterocycles. The van der Waals surface area contributed by atoms with Gasteiger partial charge < -0.3 is 9.80 Å². The summed E-state index contributed by atoms with van der Waals surface area (Å²) in [6.07, 6.45) is 2.32. The van der Waals surface area contributed by atoms with Crippen LogP contribution in [-0.2, 0) is 38.7 Å². The second-order valence-corrected chi connectivity index (χ2v) is 27.2. The number of thiophene rings is 1. The summed E-state index contributed by atoms with van der Waals surface area (Å²) >= 11 is 1.95. The average molecular weight is 965 g/mol. The van der Waals surface area contributed by atoms with Crippen LogP contribution in [0, 0.1) is 6.92 Å². The summed E-state index contributed by atoms with van der Waals surface area (Å²) in [5.74, 6) is 0. The topological polar surface area (TPSA) is 6.48 Å². The molecular formula is C64H68BF3N2S. The van der Waals surface area contributed by atoms with E-state index in [2.05, 4.69) is 167 Å². The van der Waals surface area contributed by atoms with Gasteiger partial charge in [-0.05, 0) is 200 Å². The van der Waals surface area contributed by atoms with Crippen LogP contribution in [0.5, 0.6) is 0 Å². The molecule has 0 radical (unpaired) electrons. The summed E-state index contributed by atoms with van der Waals surface area (Å²) in [5, 5.41) is 1.25. The average Bonchev–Trinajstić information content (AvgIpc) is 3.68. The van der Waals surface area contributed by atoms with Crippen LogP contribution in [0.2, 0.25) is 0 Å². The van der Waals surface area contributed by atoms with Gasteiger partial charge in [0.05, 0.1) is 11.3 Å². The normalized spacial score (nSPS) is 20.4. The molecule has 71 heavy (non-hydrogen) atoms. The van der Waals surface area contributed by atoms with Gasteiger partial charge in [-0.1, -0.05) is 126 Å². The van der Waals surface area contributed by atoms with Gasteiger partial charge in [-0.25, -0.2) is 0 Å². The number of halogens is 3. The number of aryl methyl sites for hydroxylation is 1. The van der Waals surface area contributed by atoms with Gasteiger partial charge in [-0.3, -0.25) is 0 Å². The first-order valence-corrected chi connectivity index (χ1v) is 27.0. The fraction of sp³-hybridized carbons (Fsp3) is 0.406. The first kappa shape index (κ1) is 46.8. The lowest BCUT2D eigenvalue weighted by Gasteiger charge is -2.47. The highest BCUT2D eigenvalue weighted by atomic mass is 32.1. The number of rotatable bonds is 3. The second-order valence-electron chi connectivity index (χ2n) is 26.1. The van der Waals surface area contributed by atoms with Crippen molar-refractivity contribution in [2.75, 3.05) is 9.80 Å². The zero-order valence-corrected chi connectivity index (χ0v) is 44.9. The standard InChI is InChI=1S/C64H68BF3N2S/c1-37-30-52-55-53(31-37)70(39-20-18-38(19-21-39)41-16-14-15-17-43(41)64(66,67)68)56-42-33-46-49(63(12,13)29-26-60(46,6)7)36-54(42)71-57(56)65(55)50-34-47-48(62(10,11)28-27-61(47,8)9)35-51(50)69(52)40-22-23-44-45(32-40)59(4,5)25-24-58(44,2)3/h14-23,30-36H,24-29H2,1-13H3. The first-order chi connectivity index (χ1) is 33.2. The highest BCUT2D eigenvalue weighted by Gasteiger charge is 2.49. The van der Waals surface area contributed by atoms with Gasteiger partial charge in [-0.2, -0.15) is 13.2 Å². The minimum Gasteiger partial charge on any atom is -0.311 e. The van der Waals surface area contributed by atoms with Crippen molar-refractivity contribution in [1.82, 2.24) is 0 Å². The molecule has 12 rings (SSSR count). The van der Waals surface area contributed by atoms with E-state index < -0.39 is 11.7 Å². The number of fused-ring (bicyclic) bond motifs is 9. The third kappa shape index (κ3) is 6.93. The zero-order valence-electron chi connectivity index (χ0n) is 44.1. The van der Waals surface area contributed by atoms with E-state index in [1.54, 1.807) is 12.1 Å². The molecule has 7 aromatic rings. The molecule has 0 bridgehead atoms. The van der Waals surface area contributed by atoms with E-state index in [1.165, 1.54) is 94.1 Å². The van der Waals surface area contributed by atoms with Crippen LogP contribution in [-0.4, -0.2) is 6.71 Å². The van der Waals surface area contributed by atoms with Crippen molar-refractivity contribution in [3.63, 3.8) is 0 Å². The van der Waals surface area contributed by atoms with E-state index in [1.807, 2.05) is 23.5 Å². The maximum atomic E-state index is 14.5. The summed E-state index contributed by atoms with van der Waals surface area (Å²) in [6.45, 7) is 31.3. The molecule has 0 fully saturated rings. The van der Waals surface area contributed by atoms with E-state index >= 15 is 0 Å². The molecule has 0 unspecified atom stereocenters. The van der Waals surface area contributed by atoms with E-state index in [0.29, 0.717) is 5.56 Å². The highest BCUT2D eigenvalue weighted by Crippen LogP contribution is 2.56. The van der Waals surface area contributed by atoms with Crippen LogP contribution in [0.4, 0.5) is 47.3 Å². The van der Waals surface area contributed by atoms with Crippen LogP contribution >= 0.6 is 11.3 Å². The van der Waals surface area contributed by atoms with Crippen molar-refractivity contribution in [1.29, 1.82) is 0 Å². The van der Waals surface area contributed by atoms with Gasteiger partial charge in [0.25, 0.3) is 6.71 Å². The van der Waals surface area contributed by atoms with E-state index in [4.69, 9.17) is 0 Å². The minimum absolute atomic E-state index is 0.00303. The molecule has 3 heterocycles. The summed E-state index contributed by atoms with van der Waals surface area (Å²) < 4.78 is 46.1. The van der Waals surface area contributed by atoms with E-state index in [0.717, 1.165) is 55.5 Å². The van der Waals surface area contributed by atoms with E-state index in [9.17, 15) is 13.2 Å². The third-order valence-corrected chi connectivity index (χ3v) is 19.7. The number of alkyl halides is 3. The number of anilines is 6. The summed E-state index contributed by atoms with van der Waals surface area (Å²) in [6, 6.07) is 36.3. The maximum Gasteiger partial charge on any atom is 0.417 e. The molecular weight excluding hydrogens is 897 g/mol. The van der Waals surface area contributed by atoms with Crippen molar-refractivity contribution < 1.29 is 13.2 Å². The van der Waals surface area contributed by atoms with Crippen molar-refractivity contribution in [3.8, 4) is 11.1 Å². The molecule has 0 N–H and O–H groups in total. The molecule has 6 aromatic carbocycles. The van der Waals surface area contributed by atoms with Crippen LogP contribution < -0.4 is 25.5 Å². The van der Waals surface area contributed by atoms with Crippen LogP contribution in [0.1, 0.15) is 166 Å². The Kier molecular flexibility index (Phi) is 9.83. The van der Waals surface area contributed by atoms with Crippen LogP contribution in [0.3, 0.4) is 0 Å². The predicted octanol–water partition coefficient (Wildman–Crippen LogP) is 17.0. The fourth-order valence-electron chi connectivity index (χ4n) is 13.8. The summed E-state index contributed by atoms with van der Waals surface area (Å²) in [4.78, 5) is 5.10. The number of benzene rings is 6. The van der Waals surface area contributed by atoms with Gasteiger partial charge in [0.15, 0.2) is 0 Å². The van der Waals surface area contributed by atoms with Gasteiger partial charge in [-0.15, -0.1) is 11.3 Å². The molecule has 7 heteroatoms. The molecule has 2 nitrogen and oxygen atoms in total. The maximum absolute atomic E-state index is 14.5. The van der Waals surface area contributed by atoms with Crippen molar-refractivity contribution in [2.45, 2.75) is 167 Å². The Hall–Kier alpha value is -5.27. The Morgan fingerprint density at radius 1 is 0.493 bits per heavy atom. The molecule has 0 amide bonds. The predicted molar refractivity (Wildman–Crippen MR) is 297 cm³/mol. The second kappa shape index (κ2) is 14.9. The number of hydrogen-bond acceptors (Lipinski definition) is 3. The van der Waals surface area contributed by atoms with Gasteiger partial charge >= 0.3 is 6.18 Å². The third-order valence-electron chi connectivity index (χ3n) is 18.5. The first-order valence-electron chi connectivity index (χ1n) is 26.2. The lowest BCUT2D eigenvalue weighted by molar-refractivity contribution is -0.137. The van der Waals surface area contributed by atoms with Crippen molar-refractivity contribution in [3.05, 3.63) is 148 Å². The van der Waals surface area contributed by atoms with E-state index in [-0.39, 0.29) is 44.8 Å². The Morgan fingerprint density at radius 3 is 1.58 bits per heavy atom. The summed E-state index contributed by atoms with van der Waals surface area (Å²) in [5.41, 5.74) is 19.6. The van der Waals surface area contributed by atoms with Gasteiger partial charge in [0.2, 0.25) is 0 Å². The monoisotopic (exact) mass is 965 g/mol. The Balaban J connectivity index is 1.18. The molecule has 364 valence electrons. The number of hydrogen-bond donors (Lipinski definition) is 0. The molecule has 0 saturated carbocycles. The largest absolute Gasteiger partial charge is 0.417 e. The highest BCUT2D eigenvalue weighted by molar-refractivity contribution is 7.33. The molecule has 5 aliphatic rings. The van der Waals surface area contributed by atoms with Gasteiger partial charge in [0.1, 0.15) is 0 Å². The van der Waals surface area contributed by atoms with Gasteiger partial charge in [0, 0.05) is 43.3 Å². The quantitative estimate of drug-likeness (QED) is 0.163. The zero-order chi connectivity index (χ0) is 50.3. The lowest BCUT2D eigenvalue weighted by atomic mass is 9.35. The van der Waals surface area contributed by atoms with Crippen LogP contribution in [0.15, 0.2) is 103 Å². The summed E-state index contributed by atoms with van der Waals surface area (Å²) in [7, 11) is 0. The SMILES string of the molecule is Cc1cc2c3c(c1)N(c1ccc(-c4ccccc4C(F)(F)F)cc1)c1c(sc4cc5c(cc14)C(C)(C)CCC5(C)C)B3c1cc3c(cc1N2c1ccc2c(c1)C(C)(C)CCC2(C)C)C(C)(C)CCC3(C)C. The Morgan fingerprint density at radius 2 is 0.986 bits per heavy atom. The molecule has 0 atom stereocenters. The smallest absolute Gasteiger partial charge is 0.311 e. The van der Waals surface area contributed by atoms with Crippen molar-refractivity contribution >= 4 is 78.0 Å². The fourth-order valence-corrected chi connectivity index (χ4v) is 15.1. The Bertz CT molecular complexity index is 3400. The molecule has 0 spiro atoms. The van der Waals surface area contributed by atoms with Crippen molar-refractivity contribution in [2.24, 2.45) is 0 Å².